The van der Waals surface area contributed by atoms with E-state index in [1.54, 1.807) is 0 Å². The van der Waals surface area contributed by atoms with Crippen LogP contribution in [0.4, 0.5) is 0 Å². The Morgan fingerprint density at radius 2 is 1.34 bits per heavy atom. The average molecular weight is 437 g/mol. The highest BCUT2D eigenvalue weighted by Crippen LogP contribution is 2.30. The molecule has 0 radical (unpaired) electrons. The first-order valence-electron chi connectivity index (χ1n) is 10.8. The molecule has 0 aliphatic rings. The molecule has 158 valence electrons. The van der Waals surface area contributed by atoms with Crippen LogP contribution in [0.3, 0.4) is 0 Å². The van der Waals surface area contributed by atoms with Crippen LogP contribution in [0.5, 0.6) is 0 Å². The van der Waals surface area contributed by atoms with E-state index in [-0.39, 0.29) is 0 Å². The van der Waals surface area contributed by atoms with Crippen LogP contribution in [0.25, 0.3) is 33.8 Å². The predicted molar refractivity (Wildman–Crippen MR) is 136 cm³/mol. The molecule has 1 aromatic heterocycles. The summed E-state index contributed by atoms with van der Waals surface area (Å²) in [6, 6.07) is 28.8. The highest BCUT2D eigenvalue weighted by Gasteiger charge is 2.10. The lowest BCUT2D eigenvalue weighted by Crippen LogP contribution is -1.95. The number of hydrogen-bond acceptors (Lipinski definition) is 2. The van der Waals surface area contributed by atoms with E-state index in [2.05, 4.69) is 78.7 Å². The number of halogens is 1. The van der Waals surface area contributed by atoms with Gasteiger partial charge in [-0.15, -0.1) is 0 Å². The van der Waals surface area contributed by atoms with E-state index >= 15 is 0 Å². The van der Waals surface area contributed by atoms with E-state index in [1.165, 1.54) is 11.1 Å². The Bertz CT molecular complexity index is 1230. The molecule has 0 saturated carbocycles. The van der Waals surface area contributed by atoms with Gasteiger partial charge in [0, 0.05) is 17.2 Å². The van der Waals surface area contributed by atoms with Gasteiger partial charge in [0.1, 0.15) is 5.15 Å². The van der Waals surface area contributed by atoms with Crippen molar-refractivity contribution in [2.45, 2.75) is 19.8 Å². The van der Waals surface area contributed by atoms with Crippen LogP contribution < -0.4 is 0 Å². The quantitative estimate of drug-likeness (QED) is 0.215. The fraction of sp³-hybridized carbons (Fsp3) is 0.103. The van der Waals surface area contributed by atoms with Crippen LogP contribution in [0.1, 0.15) is 18.9 Å². The minimum atomic E-state index is 0.435. The average Bonchev–Trinajstić information content (AvgIpc) is 2.84. The third kappa shape index (κ3) is 5.60. The summed E-state index contributed by atoms with van der Waals surface area (Å²) in [5.74, 6) is 0.629. The summed E-state index contributed by atoms with van der Waals surface area (Å²) in [4.78, 5) is 9.29. The largest absolute Gasteiger partial charge is 0.228 e. The minimum Gasteiger partial charge on any atom is -0.228 e. The lowest BCUT2D eigenvalue weighted by atomic mass is 9.97. The van der Waals surface area contributed by atoms with Crippen molar-refractivity contribution in [2.24, 2.45) is 0 Å². The molecule has 4 rings (SSSR count). The second-order valence-corrected chi connectivity index (χ2v) is 7.91. The first-order chi connectivity index (χ1) is 15.7. The molecule has 0 unspecified atom stereocenters. The molecule has 2 nitrogen and oxygen atoms in total. The monoisotopic (exact) mass is 436 g/mol. The molecule has 0 spiro atoms. The maximum absolute atomic E-state index is 6.41. The topological polar surface area (TPSA) is 25.8 Å². The van der Waals surface area contributed by atoms with Gasteiger partial charge in [0.25, 0.3) is 0 Å². The lowest BCUT2D eigenvalue weighted by Gasteiger charge is -2.11. The zero-order valence-corrected chi connectivity index (χ0v) is 18.8. The molecule has 0 aliphatic carbocycles. The van der Waals surface area contributed by atoms with Crippen LogP contribution in [-0.2, 0) is 6.42 Å². The zero-order chi connectivity index (χ0) is 22.2. The van der Waals surface area contributed by atoms with Crippen molar-refractivity contribution in [3.05, 3.63) is 120 Å². The van der Waals surface area contributed by atoms with Crippen molar-refractivity contribution < 1.29 is 0 Å². The molecule has 0 atom stereocenters. The van der Waals surface area contributed by atoms with Crippen LogP contribution in [-0.4, -0.2) is 9.97 Å². The number of benzene rings is 3. The molecule has 0 amide bonds. The third-order valence-corrected chi connectivity index (χ3v) is 5.29. The number of hydrogen-bond donors (Lipinski definition) is 0. The van der Waals surface area contributed by atoms with Gasteiger partial charge in [-0.3, -0.25) is 0 Å². The summed E-state index contributed by atoms with van der Waals surface area (Å²) in [6.45, 7) is 2.14. The smallest absolute Gasteiger partial charge is 0.161 e. The lowest BCUT2D eigenvalue weighted by molar-refractivity contribution is 1.18. The minimum absolute atomic E-state index is 0.435. The van der Waals surface area contributed by atoms with Gasteiger partial charge in [0.2, 0.25) is 0 Å². The summed E-state index contributed by atoms with van der Waals surface area (Å²) < 4.78 is 0. The van der Waals surface area contributed by atoms with Crippen molar-refractivity contribution in [3.63, 3.8) is 0 Å². The van der Waals surface area contributed by atoms with Gasteiger partial charge >= 0.3 is 0 Å². The first-order valence-corrected chi connectivity index (χ1v) is 11.2. The Hall–Kier alpha value is -3.49. The molecule has 3 heteroatoms. The normalized spacial score (nSPS) is 11.4. The number of aromatic nitrogens is 2. The molecular formula is C29H25ClN2. The Morgan fingerprint density at radius 3 is 2.06 bits per heavy atom. The van der Waals surface area contributed by atoms with Crippen molar-refractivity contribution in [3.8, 4) is 33.8 Å². The molecular weight excluding hydrogens is 412 g/mol. The highest BCUT2D eigenvalue weighted by atomic mass is 35.5. The third-order valence-electron chi connectivity index (χ3n) is 5.10. The summed E-state index contributed by atoms with van der Waals surface area (Å²) in [6.07, 6.45) is 10.4. The van der Waals surface area contributed by atoms with Crippen molar-refractivity contribution in [2.75, 3.05) is 0 Å². The maximum Gasteiger partial charge on any atom is 0.161 e. The van der Waals surface area contributed by atoms with Crippen molar-refractivity contribution in [1.29, 1.82) is 0 Å². The molecule has 0 bridgehead atoms. The molecule has 0 aliphatic heterocycles. The van der Waals surface area contributed by atoms with Gasteiger partial charge in [-0.05, 0) is 41.7 Å². The molecule has 4 aromatic rings. The molecule has 32 heavy (non-hydrogen) atoms. The Kier molecular flexibility index (Phi) is 7.27. The molecule has 0 fully saturated rings. The summed E-state index contributed by atoms with van der Waals surface area (Å²) >= 11 is 6.41. The van der Waals surface area contributed by atoms with Gasteiger partial charge in [0.15, 0.2) is 5.82 Å². The van der Waals surface area contributed by atoms with Crippen LogP contribution in [0.2, 0.25) is 5.15 Å². The molecule has 0 saturated heterocycles. The van der Waals surface area contributed by atoms with E-state index in [1.807, 2.05) is 42.5 Å². The zero-order valence-electron chi connectivity index (χ0n) is 18.1. The molecule has 1 heterocycles. The Balaban J connectivity index is 1.77. The number of allylic oxidation sites excluding steroid dienone is 4. The van der Waals surface area contributed by atoms with E-state index in [0.29, 0.717) is 11.0 Å². The molecule has 0 N–H and O–H groups in total. The van der Waals surface area contributed by atoms with Gasteiger partial charge in [-0.2, -0.15) is 0 Å². The first kappa shape index (κ1) is 21.7. The second kappa shape index (κ2) is 10.7. The maximum atomic E-state index is 6.41. The van der Waals surface area contributed by atoms with E-state index < -0.39 is 0 Å². The van der Waals surface area contributed by atoms with Crippen molar-refractivity contribution >= 4 is 11.6 Å². The van der Waals surface area contributed by atoms with E-state index in [4.69, 9.17) is 16.6 Å². The Labute approximate surface area is 195 Å². The second-order valence-electron chi connectivity index (χ2n) is 7.52. The SMILES string of the molecule is CC/C=C\C=C/Cc1cc(-c2ccccc2)cc(-c2cc(Cl)nc(-c3ccccc3)n2)c1. The van der Waals surface area contributed by atoms with Gasteiger partial charge in [-0.1, -0.05) is 110 Å². The van der Waals surface area contributed by atoms with Gasteiger partial charge in [-0.25, -0.2) is 9.97 Å². The van der Waals surface area contributed by atoms with E-state index in [0.717, 1.165) is 35.2 Å². The standard InChI is InChI=1S/C29H25ClN2/c1-2-3-4-5-8-13-22-18-25(23-14-9-6-10-15-23)20-26(19-22)27-21-28(30)32-29(31-27)24-16-11-7-12-17-24/h3-12,14-21H,2,13H2,1H3/b4-3-,8-5-. The summed E-state index contributed by atoms with van der Waals surface area (Å²) in [7, 11) is 0. The van der Waals surface area contributed by atoms with Gasteiger partial charge in [0.05, 0.1) is 5.69 Å². The fourth-order valence-electron chi connectivity index (χ4n) is 3.53. The van der Waals surface area contributed by atoms with E-state index in [9.17, 15) is 0 Å². The fourth-order valence-corrected chi connectivity index (χ4v) is 3.72. The predicted octanol–water partition coefficient (Wildman–Crippen LogP) is 8.20. The summed E-state index contributed by atoms with van der Waals surface area (Å²) in [5, 5.41) is 0.435. The van der Waals surface area contributed by atoms with Crippen molar-refractivity contribution in [1.82, 2.24) is 9.97 Å². The number of rotatable bonds is 7. The number of nitrogens with zero attached hydrogens (tertiary/aromatic N) is 2. The summed E-state index contributed by atoms with van der Waals surface area (Å²) in [5.41, 5.74) is 6.35. The van der Waals surface area contributed by atoms with Crippen LogP contribution >= 0.6 is 11.6 Å². The van der Waals surface area contributed by atoms with Gasteiger partial charge < -0.3 is 0 Å². The van der Waals surface area contributed by atoms with Crippen LogP contribution in [0.15, 0.2) is 109 Å². The molecule has 3 aromatic carbocycles. The Morgan fingerprint density at radius 1 is 0.688 bits per heavy atom. The van der Waals surface area contributed by atoms with Crippen LogP contribution in [0, 0.1) is 0 Å². The highest BCUT2D eigenvalue weighted by molar-refractivity contribution is 6.29.